The van der Waals surface area contributed by atoms with Gasteiger partial charge in [-0.2, -0.15) is 0 Å². The molecular weight excluding hydrogens is 480 g/mol. The second kappa shape index (κ2) is 10.5. The van der Waals surface area contributed by atoms with Crippen LogP contribution in [-0.2, 0) is 6.54 Å². The molecule has 1 aliphatic carbocycles. The molecule has 1 saturated carbocycles. The molecule has 0 radical (unpaired) electrons. The maximum absolute atomic E-state index is 13.2. The first-order valence-corrected chi connectivity index (χ1v) is 13.8. The largest absolute Gasteiger partial charge is 0.490 e. The Morgan fingerprint density at radius 3 is 2.38 bits per heavy atom. The third kappa shape index (κ3) is 5.33. The fourth-order valence-electron chi connectivity index (χ4n) is 5.21. The zero-order valence-electron chi connectivity index (χ0n) is 22.8. The van der Waals surface area contributed by atoms with E-state index in [1.165, 1.54) is 27.9 Å². The molecule has 1 heterocycles. The molecule has 1 amide bonds. The molecule has 196 valence electrons. The van der Waals surface area contributed by atoms with E-state index in [9.17, 15) is 4.79 Å². The van der Waals surface area contributed by atoms with E-state index in [1.807, 2.05) is 49.4 Å². The van der Waals surface area contributed by atoms with Crippen molar-refractivity contribution < 1.29 is 9.53 Å². The molecule has 4 heteroatoms. The summed E-state index contributed by atoms with van der Waals surface area (Å²) in [5.41, 5.74) is 8.98. The summed E-state index contributed by atoms with van der Waals surface area (Å²) in [4.78, 5) is 13.2. The molecule has 1 N–H and O–H groups in total. The Bertz CT molecular complexity index is 1630. The van der Waals surface area contributed by atoms with Crippen molar-refractivity contribution in [1.82, 2.24) is 9.88 Å². The van der Waals surface area contributed by atoms with Crippen LogP contribution in [0.1, 0.15) is 58.5 Å². The number of nitrogens with one attached hydrogen (secondary N) is 1. The first kappa shape index (κ1) is 25.0. The number of amides is 1. The number of carbonyl (C=O) groups excluding carboxylic acids is 1. The number of aromatic nitrogens is 1. The fourth-order valence-corrected chi connectivity index (χ4v) is 5.21. The van der Waals surface area contributed by atoms with E-state index in [2.05, 4.69) is 78.3 Å². The van der Waals surface area contributed by atoms with Crippen LogP contribution in [0.2, 0.25) is 0 Å². The summed E-state index contributed by atoms with van der Waals surface area (Å²) in [6.45, 7) is 7.10. The van der Waals surface area contributed by atoms with Gasteiger partial charge in [0.25, 0.3) is 5.91 Å². The van der Waals surface area contributed by atoms with Gasteiger partial charge in [-0.05, 0) is 91.8 Å². The van der Waals surface area contributed by atoms with Gasteiger partial charge >= 0.3 is 0 Å². The number of carbonyl (C=O) groups is 1. The molecule has 4 nitrogen and oxygen atoms in total. The minimum atomic E-state index is -0.123. The molecule has 39 heavy (non-hydrogen) atoms. The van der Waals surface area contributed by atoms with Gasteiger partial charge in [-0.15, -0.1) is 0 Å². The third-order valence-corrected chi connectivity index (χ3v) is 7.84. The van der Waals surface area contributed by atoms with Gasteiger partial charge in [-0.1, -0.05) is 66.7 Å². The molecule has 6 rings (SSSR count). The Labute approximate surface area is 230 Å². The van der Waals surface area contributed by atoms with Gasteiger partial charge in [0.2, 0.25) is 0 Å². The molecule has 1 atom stereocenters. The normalized spacial score (nSPS) is 13.8. The van der Waals surface area contributed by atoms with Crippen molar-refractivity contribution in [3.8, 4) is 16.9 Å². The van der Waals surface area contributed by atoms with Crippen LogP contribution in [0.15, 0.2) is 97.1 Å². The lowest BCUT2D eigenvalue weighted by atomic mass is 10.0. The fraction of sp³-hybridized carbons (Fsp3) is 0.229. The number of fused-ring (bicyclic) bond motifs is 1. The molecule has 0 saturated heterocycles. The van der Waals surface area contributed by atoms with Gasteiger partial charge in [0.1, 0.15) is 5.75 Å². The van der Waals surface area contributed by atoms with Gasteiger partial charge in [0.05, 0.1) is 12.1 Å². The summed E-state index contributed by atoms with van der Waals surface area (Å²) in [6, 6.07) is 33.2. The average molecular weight is 515 g/mol. The second-order valence-corrected chi connectivity index (χ2v) is 10.7. The summed E-state index contributed by atoms with van der Waals surface area (Å²) in [5, 5.41) is 4.29. The number of hydrogen-bond acceptors (Lipinski definition) is 2. The van der Waals surface area contributed by atoms with E-state index in [0.717, 1.165) is 41.6 Å². The van der Waals surface area contributed by atoms with Crippen molar-refractivity contribution >= 4 is 16.8 Å². The number of benzene rings is 4. The lowest BCUT2D eigenvalue weighted by Gasteiger charge is -2.16. The highest BCUT2D eigenvalue weighted by atomic mass is 16.5. The number of aryl methyl sites for hydroxylation is 1. The van der Waals surface area contributed by atoms with Crippen molar-refractivity contribution in [1.29, 1.82) is 0 Å². The molecule has 0 unspecified atom stereocenters. The predicted molar refractivity (Wildman–Crippen MR) is 158 cm³/mol. The Hall–Kier alpha value is -4.31. The summed E-state index contributed by atoms with van der Waals surface area (Å²) in [5.74, 6) is 0.805. The summed E-state index contributed by atoms with van der Waals surface area (Å²) in [7, 11) is 0. The summed E-state index contributed by atoms with van der Waals surface area (Å²) < 4.78 is 8.28. The molecule has 5 aromatic rings. The molecule has 1 fully saturated rings. The van der Waals surface area contributed by atoms with E-state index >= 15 is 0 Å². The SMILES string of the molecule is Cc1c(C)n(Cc2ccc(-c3ccccc3)cc2)c2ccc(C(=O)N[C@@H](C)c3cccc(OC4CC4)c3)cc12. The van der Waals surface area contributed by atoms with Gasteiger partial charge < -0.3 is 14.6 Å². The maximum atomic E-state index is 13.2. The Balaban J connectivity index is 1.20. The van der Waals surface area contributed by atoms with Crippen LogP contribution in [0.5, 0.6) is 5.75 Å². The van der Waals surface area contributed by atoms with Crippen LogP contribution >= 0.6 is 0 Å². The Kier molecular flexibility index (Phi) is 6.70. The predicted octanol–water partition coefficient (Wildman–Crippen LogP) is 8.01. The zero-order valence-corrected chi connectivity index (χ0v) is 22.8. The molecule has 0 bridgehead atoms. The minimum absolute atomic E-state index is 0.0702. The molecular formula is C35H34N2O2. The number of hydrogen-bond donors (Lipinski definition) is 1. The molecule has 1 aliphatic rings. The lowest BCUT2D eigenvalue weighted by molar-refractivity contribution is 0.0940. The average Bonchev–Trinajstić information content (AvgIpc) is 3.76. The molecule has 0 aliphatic heterocycles. The van der Waals surface area contributed by atoms with Crippen molar-refractivity contribution in [2.45, 2.75) is 52.3 Å². The monoisotopic (exact) mass is 514 g/mol. The van der Waals surface area contributed by atoms with Crippen LogP contribution in [-0.4, -0.2) is 16.6 Å². The van der Waals surface area contributed by atoms with Crippen LogP contribution in [0.3, 0.4) is 0 Å². The van der Waals surface area contributed by atoms with E-state index in [-0.39, 0.29) is 11.9 Å². The van der Waals surface area contributed by atoms with Crippen molar-refractivity contribution in [3.05, 3.63) is 125 Å². The van der Waals surface area contributed by atoms with Gasteiger partial charge in [0, 0.05) is 28.7 Å². The zero-order chi connectivity index (χ0) is 26.9. The topological polar surface area (TPSA) is 43.3 Å². The smallest absolute Gasteiger partial charge is 0.251 e. The van der Waals surface area contributed by atoms with Gasteiger partial charge in [-0.3, -0.25) is 4.79 Å². The number of nitrogens with zero attached hydrogens (tertiary/aromatic N) is 1. The third-order valence-electron chi connectivity index (χ3n) is 7.84. The molecule has 4 aromatic carbocycles. The summed E-state index contributed by atoms with van der Waals surface area (Å²) >= 11 is 0. The number of ether oxygens (including phenoxy) is 1. The first-order chi connectivity index (χ1) is 19.0. The van der Waals surface area contributed by atoms with Crippen LogP contribution in [0, 0.1) is 13.8 Å². The van der Waals surface area contributed by atoms with Crippen LogP contribution in [0.4, 0.5) is 0 Å². The second-order valence-electron chi connectivity index (χ2n) is 10.7. The highest BCUT2D eigenvalue weighted by molar-refractivity contribution is 5.99. The van der Waals surface area contributed by atoms with Crippen molar-refractivity contribution in [3.63, 3.8) is 0 Å². The highest BCUT2D eigenvalue weighted by Crippen LogP contribution is 2.30. The number of rotatable bonds is 8. The quantitative estimate of drug-likeness (QED) is 0.228. The Morgan fingerprint density at radius 1 is 0.897 bits per heavy atom. The van der Waals surface area contributed by atoms with Gasteiger partial charge in [-0.25, -0.2) is 0 Å². The van der Waals surface area contributed by atoms with E-state index < -0.39 is 0 Å². The van der Waals surface area contributed by atoms with E-state index in [4.69, 9.17) is 4.74 Å². The highest BCUT2D eigenvalue weighted by Gasteiger charge is 2.24. The van der Waals surface area contributed by atoms with Crippen molar-refractivity contribution in [2.75, 3.05) is 0 Å². The Morgan fingerprint density at radius 2 is 1.64 bits per heavy atom. The van der Waals surface area contributed by atoms with E-state index in [0.29, 0.717) is 11.7 Å². The minimum Gasteiger partial charge on any atom is -0.490 e. The standard InChI is InChI=1S/C35H34N2O2/c1-23-25(3)37(22-26-12-14-28(15-13-26)27-8-5-4-6-9-27)34-19-16-30(21-33(23)34)35(38)36-24(2)29-10-7-11-32(20-29)39-31-17-18-31/h4-16,19-21,24,31H,17-18,22H2,1-3H3,(H,36,38)/t24-/m0/s1. The first-order valence-electron chi connectivity index (χ1n) is 13.8. The lowest BCUT2D eigenvalue weighted by Crippen LogP contribution is -2.26. The summed E-state index contributed by atoms with van der Waals surface area (Å²) in [6.07, 6.45) is 2.60. The van der Waals surface area contributed by atoms with Crippen molar-refractivity contribution in [2.24, 2.45) is 0 Å². The van der Waals surface area contributed by atoms with Crippen LogP contribution < -0.4 is 10.1 Å². The maximum Gasteiger partial charge on any atom is 0.251 e. The van der Waals surface area contributed by atoms with Gasteiger partial charge in [0.15, 0.2) is 0 Å². The molecule has 1 aromatic heterocycles. The van der Waals surface area contributed by atoms with Crippen LogP contribution in [0.25, 0.3) is 22.0 Å². The van der Waals surface area contributed by atoms with E-state index in [1.54, 1.807) is 0 Å². The molecule has 0 spiro atoms.